The first-order chi connectivity index (χ1) is 13.1. The minimum atomic E-state index is -0.737. The summed E-state index contributed by atoms with van der Waals surface area (Å²) in [5.74, 6) is -1.29. The van der Waals surface area contributed by atoms with Crippen LogP contribution >= 0.6 is 11.3 Å². The Bertz CT molecular complexity index is 923. The quantitative estimate of drug-likeness (QED) is 0.637. The van der Waals surface area contributed by atoms with E-state index in [4.69, 9.17) is 4.74 Å². The van der Waals surface area contributed by atoms with Crippen LogP contribution in [-0.2, 0) is 9.53 Å². The monoisotopic (exact) mass is 381 g/mol. The van der Waals surface area contributed by atoms with Crippen molar-refractivity contribution in [3.05, 3.63) is 87.6 Å². The summed E-state index contributed by atoms with van der Waals surface area (Å²) in [5, 5.41) is 14.8. The number of aryl methyl sites for hydroxylation is 1. The van der Waals surface area contributed by atoms with Gasteiger partial charge in [-0.2, -0.15) is 0 Å². The highest BCUT2D eigenvalue weighted by Gasteiger charge is 2.20. The van der Waals surface area contributed by atoms with Crippen molar-refractivity contribution in [1.29, 1.82) is 0 Å². The maximum atomic E-state index is 12.4. The molecule has 0 saturated heterocycles. The lowest BCUT2D eigenvalue weighted by Crippen LogP contribution is -2.32. The molecule has 0 bridgehead atoms. The van der Waals surface area contributed by atoms with Gasteiger partial charge in [-0.3, -0.25) is 4.79 Å². The second-order valence-electron chi connectivity index (χ2n) is 5.97. The maximum absolute atomic E-state index is 12.4. The topological polar surface area (TPSA) is 75.6 Å². The summed E-state index contributed by atoms with van der Waals surface area (Å²) >= 11 is 1.54. The Morgan fingerprint density at radius 2 is 1.85 bits per heavy atom. The van der Waals surface area contributed by atoms with Gasteiger partial charge < -0.3 is 15.2 Å². The third kappa shape index (κ3) is 4.54. The van der Waals surface area contributed by atoms with Gasteiger partial charge in [0.2, 0.25) is 0 Å². The molecule has 0 spiro atoms. The van der Waals surface area contributed by atoms with Crippen molar-refractivity contribution < 1.29 is 19.4 Å². The average Bonchev–Trinajstić information content (AvgIpc) is 3.21. The van der Waals surface area contributed by atoms with Crippen LogP contribution in [0.4, 0.5) is 0 Å². The number of hydrogen-bond acceptors (Lipinski definition) is 5. The van der Waals surface area contributed by atoms with Crippen LogP contribution in [0.25, 0.3) is 0 Å². The van der Waals surface area contributed by atoms with Gasteiger partial charge in [0.25, 0.3) is 5.91 Å². The summed E-state index contributed by atoms with van der Waals surface area (Å²) in [6.45, 7) is 1.26. The summed E-state index contributed by atoms with van der Waals surface area (Å²) in [6, 6.07) is 17.9. The molecule has 2 N–H and O–H groups in total. The van der Waals surface area contributed by atoms with Gasteiger partial charge in [0.05, 0.1) is 6.04 Å². The zero-order valence-corrected chi connectivity index (χ0v) is 15.5. The summed E-state index contributed by atoms with van der Waals surface area (Å²) in [7, 11) is 0. The fourth-order valence-corrected chi connectivity index (χ4v) is 3.46. The number of thiophene rings is 1. The number of rotatable bonds is 6. The molecule has 0 aliphatic carbocycles. The lowest BCUT2D eigenvalue weighted by molar-refractivity contribution is -0.124. The molecule has 3 rings (SSSR count). The number of phenolic OH excluding ortho intramolecular Hbond substituents is 1. The van der Waals surface area contributed by atoms with E-state index in [9.17, 15) is 14.7 Å². The highest BCUT2D eigenvalue weighted by molar-refractivity contribution is 7.10. The zero-order chi connectivity index (χ0) is 19.2. The first-order valence-corrected chi connectivity index (χ1v) is 9.27. The molecule has 1 amide bonds. The molecule has 0 unspecified atom stereocenters. The van der Waals surface area contributed by atoms with Crippen LogP contribution in [-0.4, -0.2) is 23.6 Å². The minimum Gasteiger partial charge on any atom is -0.507 e. The third-order valence-electron chi connectivity index (χ3n) is 4.06. The van der Waals surface area contributed by atoms with Crippen molar-refractivity contribution in [2.75, 3.05) is 6.61 Å². The van der Waals surface area contributed by atoms with Gasteiger partial charge in [0.15, 0.2) is 6.61 Å². The van der Waals surface area contributed by atoms with Crippen molar-refractivity contribution in [3.63, 3.8) is 0 Å². The second-order valence-corrected chi connectivity index (χ2v) is 6.95. The maximum Gasteiger partial charge on any atom is 0.342 e. The van der Waals surface area contributed by atoms with Gasteiger partial charge in [-0.25, -0.2) is 4.79 Å². The standard InChI is InChI=1S/C21H19NO4S/c1-14-7-5-10-16(20(14)24)21(25)26-13-18(23)22-19(17-11-6-12-27-17)15-8-3-2-4-9-15/h2-12,19,24H,13H2,1H3,(H,22,23)/t19-/m0/s1. The number of para-hydroxylation sites is 1. The molecule has 0 fully saturated rings. The number of ether oxygens (including phenoxy) is 1. The van der Waals surface area contributed by atoms with Crippen LogP contribution in [0.15, 0.2) is 66.0 Å². The predicted molar refractivity (Wildman–Crippen MR) is 104 cm³/mol. The van der Waals surface area contributed by atoms with Crippen LogP contribution < -0.4 is 5.32 Å². The van der Waals surface area contributed by atoms with E-state index in [2.05, 4.69) is 5.32 Å². The average molecular weight is 381 g/mol. The van der Waals surface area contributed by atoms with E-state index in [0.29, 0.717) is 5.56 Å². The number of benzene rings is 2. The Kier molecular flexibility index (Phi) is 5.88. The molecule has 0 aliphatic rings. The van der Waals surface area contributed by atoms with Crippen LogP contribution in [0.3, 0.4) is 0 Å². The fraction of sp³-hybridized carbons (Fsp3) is 0.143. The van der Waals surface area contributed by atoms with Gasteiger partial charge in [-0.1, -0.05) is 48.5 Å². The van der Waals surface area contributed by atoms with Crippen LogP contribution in [0.5, 0.6) is 5.75 Å². The van der Waals surface area contributed by atoms with Crippen LogP contribution in [0.2, 0.25) is 0 Å². The lowest BCUT2D eigenvalue weighted by atomic mass is 10.1. The van der Waals surface area contributed by atoms with E-state index in [-0.39, 0.29) is 17.4 Å². The van der Waals surface area contributed by atoms with Gasteiger partial charge in [-0.05, 0) is 35.6 Å². The summed E-state index contributed by atoms with van der Waals surface area (Å²) in [6.07, 6.45) is 0. The molecule has 3 aromatic rings. The number of amides is 1. The van der Waals surface area contributed by atoms with Crippen molar-refractivity contribution >= 4 is 23.2 Å². The Labute approximate surface area is 161 Å². The largest absolute Gasteiger partial charge is 0.507 e. The normalized spacial score (nSPS) is 11.6. The van der Waals surface area contributed by atoms with Crippen LogP contribution in [0.1, 0.15) is 32.4 Å². The Hall–Kier alpha value is -3.12. The molecule has 27 heavy (non-hydrogen) atoms. The highest BCUT2D eigenvalue weighted by atomic mass is 32.1. The van der Waals surface area contributed by atoms with Gasteiger partial charge in [-0.15, -0.1) is 11.3 Å². The van der Waals surface area contributed by atoms with E-state index < -0.39 is 18.5 Å². The Balaban J connectivity index is 1.66. The number of carbonyl (C=O) groups excluding carboxylic acids is 2. The number of esters is 1. The zero-order valence-electron chi connectivity index (χ0n) is 14.7. The molecule has 0 saturated carbocycles. The van der Waals surface area contributed by atoms with Crippen molar-refractivity contribution in [2.24, 2.45) is 0 Å². The molecule has 2 aromatic carbocycles. The van der Waals surface area contributed by atoms with Crippen LogP contribution in [0, 0.1) is 6.92 Å². The summed E-state index contributed by atoms with van der Waals surface area (Å²) in [4.78, 5) is 25.5. The molecule has 0 aliphatic heterocycles. The predicted octanol–water partition coefficient (Wildman–Crippen LogP) is 3.82. The first kappa shape index (κ1) is 18.7. The molecule has 1 aromatic heterocycles. The molecular weight excluding hydrogens is 362 g/mol. The minimum absolute atomic E-state index is 0.0423. The number of phenols is 1. The molecule has 138 valence electrons. The number of aromatic hydroxyl groups is 1. The number of hydrogen-bond donors (Lipinski definition) is 2. The molecule has 1 heterocycles. The number of nitrogens with one attached hydrogen (secondary N) is 1. The van der Waals surface area contributed by atoms with Crippen molar-refractivity contribution in [3.8, 4) is 5.75 Å². The molecule has 0 radical (unpaired) electrons. The number of carbonyl (C=O) groups is 2. The van der Waals surface area contributed by atoms with Gasteiger partial charge >= 0.3 is 5.97 Å². The second kappa shape index (κ2) is 8.51. The smallest absolute Gasteiger partial charge is 0.342 e. The van der Waals surface area contributed by atoms with E-state index >= 15 is 0 Å². The lowest BCUT2D eigenvalue weighted by Gasteiger charge is -2.18. The Morgan fingerprint density at radius 1 is 1.07 bits per heavy atom. The van der Waals surface area contributed by atoms with Gasteiger partial charge in [0.1, 0.15) is 11.3 Å². The van der Waals surface area contributed by atoms with Crippen molar-refractivity contribution in [2.45, 2.75) is 13.0 Å². The van der Waals surface area contributed by atoms with Crippen molar-refractivity contribution in [1.82, 2.24) is 5.32 Å². The van der Waals surface area contributed by atoms with E-state index in [1.165, 1.54) is 17.4 Å². The van der Waals surface area contributed by atoms with E-state index in [0.717, 1.165) is 10.4 Å². The molecular formula is C21H19NO4S. The SMILES string of the molecule is Cc1cccc(C(=O)OCC(=O)N[C@@H](c2ccccc2)c2cccs2)c1O. The summed E-state index contributed by atoms with van der Waals surface area (Å²) < 4.78 is 5.07. The molecule has 1 atom stereocenters. The van der Waals surface area contributed by atoms with E-state index in [1.807, 2.05) is 47.8 Å². The Morgan fingerprint density at radius 3 is 2.56 bits per heavy atom. The summed E-state index contributed by atoms with van der Waals surface area (Å²) in [5.41, 5.74) is 1.55. The third-order valence-corrected chi connectivity index (χ3v) is 5.00. The van der Waals surface area contributed by atoms with E-state index in [1.54, 1.807) is 19.1 Å². The first-order valence-electron chi connectivity index (χ1n) is 8.39. The fourth-order valence-electron chi connectivity index (χ4n) is 2.65. The molecule has 5 nitrogen and oxygen atoms in total. The van der Waals surface area contributed by atoms with Gasteiger partial charge in [0, 0.05) is 4.88 Å². The highest BCUT2D eigenvalue weighted by Crippen LogP contribution is 2.26. The molecule has 6 heteroatoms.